The zero-order valence-corrected chi connectivity index (χ0v) is 11.3. The van der Waals surface area contributed by atoms with Crippen LogP contribution in [0.25, 0.3) is 0 Å². The summed E-state index contributed by atoms with van der Waals surface area (Å²) in [5.41, 5.74) is -0.700. The second kappa shape index (κ2) is 5.96. The number of halogens is 3. The van der Waals surface area contributed by atoms with E-state index in [1.54, 1.807) is 12.1 Å². The van der Waals surface area contributed by atoms with E-state index in [9.17, 15) is 13.2 Å². The topological polar surface area (TPSA) is 27.0 Å². The van der Waals surface area contributed by atoms with Gasteiger partial charge in [-0.2, -0.15) is 18.4 Å². The number of alkyl halides is 3. The number of hydrogen-bond donors (Lipinski definition) is 0. The molecule has 0 atom stereocenters. The molecular weight excluding hydrogens is 253 g/mol. The Labute approximate surface area is 111 Å². The van der Waals surface area contributed by atoms with E-state index >= 15 is 0 Å². The Balaban J connectivity index is 3.28. The Hall–Kier alpha value is -1.70. The van der Waals surface area contributed by atoms with Crippen LogP contribution < -0.4 is 4.90 Å². The summed E-state index contributed by atoms with van der Waals surface area (Å²) in [5.74, 6) is 0. The van der Waals surface area contributed by atoms with E-state index in [0.29, 0.717) is 12.2 Å². The Morgan fingerprint density at radius 2 is 1.95 bits per heavy atom. The van der Waals surface area contributed by atoms with Crippen LogP contribution in [-0.4, -0.2) is 12.6 Å². The van der Waals surface area contributed by atoms with Crippen molar-refractivity contribution in [3.05, 3.63) is 29.3 Å². The second-order valence-corrected chi connectivity index (χ2v) is 4.63. The molecule has 0 fully saturated rings. The number of hydrogen-bond acceptors (Lipinski definition) is 2. The van der Waals surface area contributed by atoms with Crippen molar-refractivity contribution in [2.75, 3.05) is 11.4 Å². The lowest BCUT2D eigenvalue weighted by Gasteiger charge is -2.29. The summed E-state index contributed by atoms with van der Waals surface area (Å²) in [5, 5.41) is 8.76. The Morgan fingerprint density at radius 1 is 1.32 bits per heavy atom. The molecule has 0 radical (unpaired) electrons. The van der Waals surface area contributed by atoms with Gasteiger partial charge in [0.2, 0.25) is 0 Å². The van der Waals surface area contributed by atoms with Crippen molar-refractivity contribution >= 4 is 5.69 Å². The van der Waals surface area contributed by atoms with Crippen LogP contribution in [-0.2, 0) is 6.18 Å². The standard InChI is InChI=1S/C14H17F3N2/c1-4-7-19(10(2)3)12-6-5-11(9-18)13(8-12)14(15,16)17/h5-6,8,10H,4,7H2,1-3H3. The third-order valence-electron chi connectivity index (χ3n) is 2.85. The molecule has 104 valence electrons. The molecule has 1 aromatic rings. The molecule has 0 amide bonds. The van der Waals surface area contributed by atoms with Gasteiger partial charge in [-0.3, -0.25) is 0 Å². The first-order valence-corrected chi connectivity index (χ1v) is 6.19. The molecule has 0 saturated carbocycles. The summed E-state index contributed by atoms with van der Waals surface area (Å²) in [7, 11) is 0. The molecule has 0 spiro atoms. The van der Waals surface area contributed by atoms with Crippen LogP contribution in [0.15, 0.2) is 18.2 Å². The fourth-order valence-corrected chi connectivity index (χ4v) is 1.97. The molecule has 0 aliphatic carbocycles. The predicted octanol–water partition coefficient (Wildman–Crippen LogP) is 4.20. The van der Waals surface area contributed by atoms with Crippen LogP contribution in [0.2, 0.25) is 0 Å². The predicted molar refractivity (Wildman–Crippen MR) is 68.9 cm³/mol. The van der Waals surface area contributed by atoms with Gasteiger partial charge in [-0.25, -0.2) is 0 Å². The first-order valence-electron chi connectivity index (χ1n) is 6.19. The van der Waals surface area contributed by atoms with Crippen LogP contribution in [0.5, 0.6) is 0 Å². The molecule has 0 saturated heterocycles. The first kappa shape index (κ1) is 15.4. The van der Waals surface area contributed by atoms with Gasteiger partial charge >= 0.3 is 6.18 Å². The van der Waals surface area contributed by atoms with E-state index < -0.39 is 11.7 Å². The minimum Gasteiger partial charge on any atom is -0.369 e. The maximum Gasteiger partial charge on any atom is 0.417 e. The van der Waals surface area contributed by atoms with Gasteiger partial charge in [0, 0.05) is 18.3 Å². The van der Waals surface area contributed by atoms with E-state index in [1.165, 1.54) is 6.07 Å². The van der Waals surface area contributed by atoms with Gasteiger partial charge < -0.3 is 4.90 Å². The average molecular weight is 270 g/mol. The molecule has 2 nitrogen and oxygen atoms in total. The third kappa shape index (κ3) is 3.63. The molecule has 1 aromatic carbocycles. The van der Waals surface area contributed by atoms with Crippen molar-refractivity contribution in [3.8, 4) is 6.07 Å². The summed E-state index contributed by atoms with van der Waals surface area (Å²) in [6.07, 6.45) is -3.66. The number of nitriles is 1. The number of rotatable bonds is 4. The molecule has 5 heteroatoms. The molecule has 0 bridgehead atoms. The largest absolute Gasteiger partial charge is 0.417 e. The summed E-state index contributed by atoms with van der Waals surface area (Å²) < 4.78 is 38.7. The van der Waals surface area contributed by atoms with Crippen molar-refractivity contribution < 1.29 is 13.2 Å². The van der Waals surface area contributed by atoms with Crippen LogP contribution >= 0.6 is 0 Å². The second-order valence-electron chi connectivity index (χ2n) is 4.63. The van der Waals surface area contributed by atoms with Crippen molar-refractivity contribution in [2.24, 2.45) is 0 Å². The van der Waals surface area contributed by atoms with Crippen LogP contribution in [0.3, 0.4) is 0 Å². The minimum absolute atomic E-state index is 0.106. The van der Waals surface area contributed by atoms with Gasteiger partial charge in [0.1, 0.15) is 0 Å². The molecule has 19 heavy (non-hydrogen) atoms. The highest BCUT2D eigenvalue weighted by molar-refractivity contribution is 5.55. The quantitative estimate of drug-likeness (QED) is 0.819. The van der Waals surface area contributed by atoms with Gasteiger partial charge in [0.05, 0.1) is 17.2 Å². The van der Waals surface area contributed by atoms with Crippen molar-refractivity contribution in [3.63, 3.8) is 0 Å². The zero-order valence-electron chi connectivity index (χ0n) is 11.3. The molecule has 0 N–H and O–H groups in total. The maximum atomic E-state index is 12.9. The van der Waals surface area contributed by atoms with E-state index in [2.05, 4.69) is 0 Å². The van der Waals surface area contributed by atoms with E-state index in [4.69, 9.17) is 5.26 Å². The highest BCUT2D eigenvalue weighted by Crippen LogP contribution is 2.34. The molecule has 1 rings (SSSR count). The molecule has 0 aliphatic heterocycles. The third-order valence-corrected chi connectivity index (χ3v) is 2.85. The van der Waals surface area contributed by atoms with Crippen molar-refractivity contribution in [1.29, 1.82) is 5.26 Å². The lowest BCUT2D eigenvalue weighted by molar-refractivity contribution is -0.137. The maximum absolute atomic E-state index is 12.9. The highest BCUT2D eigenvalue weighted by Gasteiger charge is 2.34. The molecule has 0 aliphatic rings. The highest BCUT2D eigenvalue weighted by atomic mass is 19.4. The average Bonchev–Trinajstić information content (AvgIpc) is 2.33. The van der Waals surface area contributed by atoms with Crippen LogP contribution in [0.1, 0.15) is 38.3 Å². The minimum atomic E-state index is -4.50. The first-order chi connectivity index (χ1) is 8.81. The van der Waals surface area contributed by atoms with E-state index in [1.807, 2.05) is 25.7 Å². The van der Waals surface area contributed by atoms with Gasteiger partial charge in [-0.05, 0) is 38.5 Å². The smallest absolute Gasteiger partial charge is 0.369 e. The Bertz CT molecular complexity index is 473. The van der Waals surface area contributed by atoms with Gasteiger partial charge in [-0.15, -0.1) is 0 Å². The van der Waals surface area contributed by atoms with Crippen molar-refractivity contribution in [2.45, 2.75) is 39.4 Å². The number of benzene rings is 1. The summed E-state index contributed by atoms with van der Waals surface area (Å²) >= 11 is 0. The van der Waals surface area contributed by atoms with Crippen LogP contribution in [0.4, 0.5) is 18.9 Å². The number of anilines is 1. The zero-order chi connectivity index (χ0) is 14.6. The van der Waals surface area contributed by atoms with Gasteiger partial charge in [0.15, 0.2) is 0 Å². The van der Waals surface area contributed by atoms with Gasteiger partial charge in [0.25, 0.3) is 0 Å². The lowest BCUT2D eigenvalue weighted by atomic mass is 10.1. The molecular formula is C14H17F3N2. The fourth-order valence-electron chi connectivity index (χ4n) is 1.97. The molecule has 0 unspecified atom stereocenters. The van der Waals surface area contributed by atoms with E-state index in [-0.39, 0.29) is 11.6 Å². The Morgan fingerprint density at radius 3 is 2.37 bits per heavy atom. The molecule has 0 heterocycles. The van der Waals surface area contributed by atoms with E-state index in [0.717, 1.165) is 12.5 Å². The van der Waals surface area contributed by atoms with Crippen molar-refractivity contribution in [1.82, 2.24) is 0 Å². The molecule has 0 aromatic heterocycles. The summed E-state index contributed by atoms with van der Waals surface area (Å²) in [4.78, 5) is 1.90. The summed E-state index contributed by atoms with van der Waals surface area (Å²) in [6.45, 7) is 6.52. The normalized spacial score (nSPS) is 11.5. The number of nitrogens with zero attached hydrogens (tertiary/aromatic N) is 2. The fraction of sp³-hybridized carbons (Fsp3) is 0.500. The van der Waals surface area contributed by atoms with Gasteiger partial charge in [-0.1, -0.05) is 6.92 Å². The lowest BCUT2D eigenvalue weighted by Crippen LogP contribution is -2.31. The summed E-state index contributed by atoms with van der Waals surface area (Å²) in [6, 6.07) is 5.57. The Kier molecular flexibility index (Phi) is 4.82. The SMILES string of the molecule is CCCN(c1ccc(C#N)c(C(F)(F)F)c1)C(C)C. The van der Waals surface area contributed by atoms with Crippen LogP contribution in [0, 0.1) is 11.3 Å². The monoisotopic (exact) mass is 270 g/mol.